The van der Waals surface area contributed by atoms with Crippen molar-refractivity contribution >= 4 is 5.91 Å². The molecule has 1 amide bonds. The Labute approximate surface area is 215 Å². The van der Waals surface area contributed by atoms with E-state index in [0.29, 0.717) is 13.0 Å². The number of hydrogen-bond donors (Lipinski definition) is 3. The van der Waals surface area contributed by atoms with Crippen molar-refractivity contribution in [2.45, 2.75) is 103 Å². The molecule has 2 aliphatic rings. The summed E-state index contributed by atoms with van der Waals surface area (Å²) in [5.74, 6) is -2.22. The molecular weight excluding hydrogens is 470 g/mol. The fourth-order valence-corrected chi connectivity index (χ4v) is 4.89. The van der Waals surface area contributed by atoms with Gasteiger partial charge >= 0.3 is 0 Å². The number of methoxy groups -OCH3 is 3. The van der Waals surface area contributed by atoms with Crippen molar-refractivity contribution in [2.75, 3.05) is 34.5 Å². The number of carbonyl (C=O) groups excluding carboxylic acids is 1. The van der Waals surface area contributed by atoms with Crippen molar-refractivity contribution in [3.63, 3.8) is 0 Å². The molecule has 0 aromatic carbocycles. The van der Waals surface area contributed by atoms with Crippen LogP contribution in [0.15, 0.2) is 12.2 Å². The Morgan fingerprint density at radius 2 is 1.94 bits per heavy atom. The fraction of sp³-hybridized carbons (Fsp3) is 0.885. The van der Waals surface area contributed by atoms with Crippen LogP contribution in [0.4, 0.5) is 0 Å². The van der Waals surface area contributed by atoms with Crippen LogP contribution in [0.1, 0.15) is 53.9 Å². The lowest BCUT2D eigenvalue weighted by Gasteiger charge is -2.48. The second kappa shape index (κ2) is 13.1. The topological polar surface area (TPSA) is 125 Å². The monoisotopic (exact) mass is 517 g/mol. The third-order valence-corrected chi connectivity index (χ3v) is 7.83. The summed E-state index contributed by atoms with van der Waals surface area (Å²) in [6.07, 6.45) is -3.94. The first-order valence-corrected chi connectivity index (χ1v) is 12.7. The molecule has 210 valence electrons. The second-order valence-corrected chi connectivity index (χ2v) is 10.5. The molecule has 36 heavy (non-hydrogen) atoms. The van der Waals surface area contributed by atoms with Crippen LogP contribution < -0.4 is 5.32 Å². The van der Waals surface area contributed by atoms with Crippen LogP contribution in [0.25, 0.3) is 0 Å². The summed E-state index contributed by atoms with van der Waals surface area (Å²) in [5.41, 5.74) is 0.265. The summed E-state index contributed by atoms with van der Waals surface area (Å²) < 4.78 is 34.5. The molecule has 0 aromatic heterocycles. The number of hydrogen-bond acceptors (Lipinski definition) is 9. The lowest BCUT2D eigenvalue weighted by Crippen LogP contribution is -2.62. The molecule has 0 saturated carbocycles. The van der Waals surface area contributed by atoms with Gasteiger partial charge in [-0.25, -0.2) is 0 Å². The van der Waals surface area contributed by atoms with Gasteiger partial charge in [-0.05, 0) is 13.8 Å². The number of amides is 1. The van der Waals surface area contributed by atoms with Crippen LogP contribution >= 0.6 is 0 Å². The molecule has 0 radical (unpaired) electrons. The third kappa shape index (κ3) is 6.85. The molecule has 2 fully saturated rings. The number of aliphatic hydroxyl groups is 2. The van der Waals surface area contributed by atoms with Crippen molar-refractivity contribution in [3.8, 4) is 0 Å². The molecule has 0 spiro atoms. The fourth-order valence-electron chi connectivity index (χ4n) is 4.89. The molecule has 2 rings (SSSR count). The normalized spacial score (nSPS) is 35.2. The van der Waals surface area contributed by atoms with E-state index in [9.17, 15) is 15.0 Å². The van der Waals surface area contributed by atoms with Gasteiger partial charge in [-0.3, -0.25) is 4.79 Å². The maximum Gasteiger partial charge on any atom is 0.256 e. The number of rotatable bonds is 12. The summed E-state index contributed by atoms with van der Waals surface area (Å²) >= 11 is 0. The summed E-state index contributed by atoms with van der Waals surface area (Å²) in [7, 11) is 4.60. The highest BCUT2D eigenvalue weighted by Gasteiger charge is 2.51. The maximum atomic E-state index is 13.2. The second-order valence-electron chi connectivity index (χ2n) is 10.5. The minimum absolute atomic E-state index is 0.0613. The Kier molecular flexibility index (Phi) is 11.3. The average molecular weight is 518 g/mol. The van der Waals surface area contributed by atoms with E-state index in [1.165, 1.54) is 7.11 Å². The standard InChI is InChI=1S/C26H47NO9/c1-10-34-24(19-12-20(28)25(5,6)21(35-19)11-18(32-8)14-31-7)27-23(30)22(29)26(33-9)13-15(2)16(3)17(4)36-26/h16-22,24,28-29H,2,10-14H2,1,3-9H3,(H,27,30)/t16-,17-,18+,19+,20-,21-,22-,24+,26-/m1/s1. The molecule has 9 atom stereocenters. The van der Waals surface area contributed by atoms with Crippen LogP contribution in [0.3, 0.4) is 0 Å². The number of aliphatic hydroxyl groups excluding tert-OH is 2. The zero-order valence-corrected chi connectivity index (χ0v) is 23.1. The summed E-state index contributed by atoms with van der Waals surface area (Å²) in [5, 5.41) is 24.8. The van der Waals surface area contributed by atoms with Gasteiger partial charge in [0.15, 0.2) is 12.3 Å². The molecule has 2 saturated heterocycles. The van der Waals surface area contributed by atoms with E-state index in [4.69, 9.17) is 28.4 Å². The van der Waals surface area contributed by atoms with Gasteiger partial charge in [0.1, 0.15) is 6.10 Å². The SMILES string of the molecule is C=C1C[C@](OC)([C@H](O)C(=O)N[C@@H](OCC)[C@@H]2C[C@@H](O)C(C)(C)[C@@H](C[C@@H](COC)OC)O2)O[C@H](C)[C@@H]1C. The van der Waals surface area contributed by atoms with Gasteiger partial charge in [0.05, 0.1) is 31.0 Å². The molecule has 10 heteroatoms. The predicted molar refractivity (Wildman–Crippen MR) is 133 cm³/mol. The quantitative estimate of drug-likeness (QED) is 0.262. The van der Waals surface area contributed by atoms with Crippen molar-refractivity contribution in [1.82, 2.24) is 5.32 Å². The first kappa shape index (κ1) is 31.1. The van der Waals surface area contributed by atoms with Crippen molar-refractivity contribution in [1.29, 1.82) is 0 Å². The van der Waals surface area contributed by atoms with Gasteiger partial charge in [0.25, 0.3) is 5.91 Å². The van der Waals surface area contributed by atoms with Crippen molar-refractivity contribution in [2.24, 2.45) is 11.3 Å². The summed E-state index contributed by atoms with van der Waals surface area (Å²) in [6.45, 7) is 14.2. The molecule has 0 aliphatic carbocycles. The molecular formula is C26H47NO9. The Morgan fingerprint density at radius 3 is 2.47 bits per heavy atom. The van der Waals surface area contributed by atoms with E-state index < -0.39 is 47.8 Å². The molecule has 10 nitrogen and oxygen atoms in total. The molecule has 3 N–H and O–H groups in total. The van der Waals surface area contributed by atoms with Gasteiger partial charge in [-0.1, -0.05) is 32.9 Å². The van der Waals surface area contributed by atoms with E-state index >= 15 is 0 Å². The molecule has 0 unspecified atom stereocenters. The van der Waals surface area contributed by atoms with Crippen LogP contribution in [0, 0.1) is 11.3 Å². The molecule has 2 aliphatic heterocycles. The molecule has 0 bridgehead atoms. The Bertz CT molecular complexity index is 732. The van der Waals surface area contributed by atoms with Crippen LogP contribution in [0.5, 0.6) is 0 Å². The van der Waals surface area contributed by atoms with Crippen molar-refractivity contribution < 1.29 is 43.4 Å². The first-order chi connectivity index (χ1) is 16.9. The smallest absolute Gasteiger partial charge is 0.256 e. The minimum Gasteiger partial charge on any atom is -0.392 e. The molecule has 0 aromatic rings. The van der Waals surface area contributed by atoms with E-state index in [1.54, 1.807) is 21.1 Å². The van der Waals surface area contributed by atoms with Gasteiger partial charge in [0, 0.05) is 58.5 Å². The highest BCUT2D eigenvalue weighted by atomic mass is 16.7. The largest absolute Gasteiger partial charge is 0.392 e. The number of nitrogens with one attached hydrogen (secondary N) is 1. The average Bonchev–Trinajstić information content (AvgIpc) is 2.83. The highest BCUT2D eigenvalue weighted by molar-refractivity contribution is 5.82. The van der Waals surface area contributed by atoms with Gasteiger partial charge in [-0.2, -0.15) is 0 Å². The first-order valence-electron chi connectivity index (χ1n) is 12.7. The van der Waals surface area contributed by atoms with Crippen LogP contribution in [-0.4, -0.2) is 99.3 Å². The minimum atomic E-state index is -1.64. The van der Waals surface area contributed by atoms with E-state index in [2.05, 4.69) is 11.9 Å². The van der Waals surface area contributed by atoms with Gasteiger partial charge < -0.3 is 44.0 Å². The lowest BCUT2D eigenvalue weighted by molar-refractivity contribution is -0.298. The molecule has 2 heterocycles. The van der Waals surface area contributed by atoms with Crippen molar-refractivity contribution in [3.05, 3.63) is 12.2 Å². The summed E-state index contributed by atoms with van der Waals surface area (Å²) in [4.78, 5) is 13.2. The zero-order chi connectivity index (χ0) is 27.3. The van der Waals surface area contributed by atoms with Crippen LogP contribution in [0.2, 0.25) is 0 Å². The highest BCUT2D eigenvalue weighted by Crippen LogP contribution is 2.41. The lowest BCUT2D eigenvalue weighted by atomic mass is 9.74. The Hall–Kier alpha value is -1.11. The Morgan fingerprint density at radius 1 is 1.28 bits per heavy atom. The summed E-state index contributed by atoms with van der Waals surface area (Å²) in [6, 6.07) is 0. The van der Waals surface area contributed by atoms with E-state index in [1.807, 2.05) is 27.7 Å². The number of carbonyl (C=O) groups is 1. The van der Waals surface area contributed by atoms with Gasteiger partial charge in [-0.15, -0.1) is 0 Å². The van der Waals surface area contributed by atoms with E-state index in [-0.39, 0.29) is 37.6 Å². The van der Waals surface area contributed by atoms with Crippen LogP contribution in [-0.2, 0) is 33.2 Å². The maximum absolute atomic E-state index is 13.2. The third-order valence-electron chi connectivity index (χ3n) is 7.83. The van der Waals surface area contributed by atoms with Gasteiger partial charge in [0.2, 0.25) is 5.79 Å². The van der Waals surface area contributed by atoms with E-state index in [0.717, 1.165) is 5.57 Å². The zero-order valence-electron chi connectivity index (χ0n) is 23.1. The number of ether oxygens (including phenoxy) is 6. The predicted octanol–water partition coefficient (Wildman–Crippen LogP) is 1.77. The Balaban J connectivity index is 2.20.